The molecule has 7 heteroatoms. The Bertz CT molecular complexity index is 852. The molecular weight excluding hydrogens is 391 g/mol. The number of amides is 3. The highest BCUT2D eigenvalue weighted by molar-refractivity contribution is 9.10. The standard InChI is InChI=1S/C18H14BrFN2O3/c19-12-3-6-15(20)14(9-12)18(25)21-13-4-1-10(2-5-13)7-11-8-16(23)22-17(11)24/h1-6,9,11H,7-8H2,(H,21,25)(H,22,23,24). The summed E-state index contributed by atoms with van der Waals surface area (Å²) in [5, 5.41) is 4.91. The molecule has 1 aliphatic rings. The van der Waals surface area contributed by atoms with Crippen LogP contribution in [0.15, 0.2) is 46.9 Å². The molecule has 1 unspecified atom stereocenters. The number of nitrogens with one attached hydrogen (secondary N) is 2. The van der Waals surface area contributed by atoms with E-state index in [1.165, 1.54) is 18.2 Å². The molecule has 3 amide bonds. The van der Waals surface area contributed by atoms with Crippen LogP contribution in [-0.2, 0) is 16.0 Å². The minimum atomic E-state index is -0.603. The van der Waals surface area contributed by atoms with Crippen LogP contribution < -0.4 is 10.6 Å². The highest BCUT2D eigenvalue weighted by Gasteiger charge is 2.30. The van der Waals surface area contributed by atoms with Gasteiger partial charge in [0, 0.05) is 16.6 Å². The van der Waals surface area contributed by atoms with Crippen LogP contribution in [0.4, 0.5) is 10.1 Å². The van der Waals surface area contributed by atoms with E-state index in [4.69, 9.17) is 0 Å². The monoisotopic (exact) mass is 404 g/mol. The zero-order valence-corrected chi connectivity index (χ0v) is 14.6. The van der Waals surface area contributed by atoms with Crippen LogP contribution in [0.2, 0.25) is 0 Å². The molecule has 2 N–H and O–H groups in total. The quantitative estimate of drug-likeness (QED) is 0.768. The molecule has 1 atom stereocenters. The molecule has 0 spiro atoms. The minimum Gasteiger partial charge on any atom is -0.322 e. The first-order valence-electron chi connectivity index (χ1n) is 7.61. The molecule has 2 aromatic rings. The van der Waals surface area contributed by atoms with Gasteiger partial charge in [0.2, 0.25) is 11.8 Å². The van der Waals surface area contributed by atoms with Crippen LogP contribution in [0.25, 0.3) is 0 Å². The summed E-state index contributed by atoms with van der Waals surface area (Å²) in [7, 11) is 0. The molecule has 0 aromatic heterocycles. The molecule has 25 heavy (non-hydrogen) atoms. The summed E-state index contributed by atoms with van der Waals surface area (Å²) in [4.78, 5) is 35.0. The lowest BCUT2D eigenvalue weighted by Crippen LogP contribution is -2.22. The smallest absolute Gasteiger partial charge is 0.258 e. The van der Waals surface area contributed by atoms with Crippen LogP contribution in [0.1, 0.15) is 22.3 Å². The van der Waals surface area contributed by atoms with E-state index in [0.29, 0.717) is 16.6 Å². The van der Waals surface area contributed by atoms with Crippen molar-refractivity contribution in [2.45, 2.75) is 12.8 Å². The first-order chi connectivity index (χ1) is 11.9. The molecular formula is C18H14BrFN2O3. The molecule has 1 heterocycles. The average Bonchev–Trinajstić information content (AvgIpc) is 2.89. The number of rotatable bonds is 4. The fourth-order valence-electron chi connectivity index (χ4n) is 2.65. The van der Waals surface area contributed by atoms with Crippen molar-refractivity contribution in [1.82, 2.24) is 5.32 Å². The van der Waals surface area contributed by atoms with Crippen molar-refractivity contribution in [1.29, 1.82) is 0 Å². The number of benzene rings is 2. The Hall–Kier alpha value is -2.54. The summed E-state index contributed by atoms with van der Waals surface area (Å²) in [5.74, 6) is -2.02. The topological polar surface area (TPSA) is 75.3 Å². The van der Waals surface area contributed by atoms with E-state index in [2.05, 4.69) is 26.6 Å². The Labute approximate surface area is 151 Å². The summed E-state index contributed by atoms with van der Waals surface area (Å²) in [6, 6.07) is 11.0. The second kappa shape index (κ2) is 7.14. The van der Waals surface area contributed by atoms with Gasteiger partial charge in [0.1, 0.15) is 5.82 Å². The maximum absolute atomic E-state index is 13.7. The number of halogens is 2. The second-order valence-corrected chi connectivity index (χ2v) is 6.71. The Balaban J connectivity index is 1.66. The van der Waals surface area contributed by atoms with Crippen molar-refractivity contribution in [3.8, 4) is 0 Å². The van der Waals surface area contributed by atoms with Crippen LogP contribution in [0, 0.1) is 11.7 Å². The molecule has 1 aliphatic heterocycles. The summed E-state index contributed by atoms with van der Waals surface area (Å²) in [6.07, 6.45) is 0.644. The van der Waals surface area contributed by atoms with Crippen molar-refractivity contribution in [2.24, 2.45) is 5.92 Å². The van der Waals surface area contributed by atoms with E-state index >= 15 is 0 Å². The number of carbonyl (C=O) groups excluding carboxylic acids is 3. The maximum atomic E-state index is 13.7. The lowest BCUT2D eigenvalue weighted by Gasteiger charge is -2.09. The molecule has 0 radical (unpaired) electrons. The third-order valence-corrected chi connectivity index (χ3v) is 4.43. The number of carbonyl (C=O) groups is 3. The van der Waals surface area contributed by atoms with E-state index in [1.54, 1.807) is 24.3 Å². The second-order valence-electron chi connectivity index (χ2n) is 5.79. The van der Waals surface area contributed by atoms with Gasteiger partial charge in [0.25, 0.3) is 5.91 Å². The normalized spacial score (nSPS) is 16.6. The van der Waals surface area contributed by atoms with Gasteiger partial charge in [0.05, 0.1) is 11.5 Å². The first-order valence-corrected chi connectivity index (χ1v) is 8.41. The van der Waals surface area contributed by atoms with Gasteiger partial charge in [-0.3, -0.25) is 19.7 Å². The van der Waals surface area contributed by atoms with Crippen LogP contribution in [0.3, 0.4) is 0 Å². The van der Waals surface area contributed by atoms with Crippen molar-refractivity contribution >= 4 is 39.3 Å². The Morgan fingerprint density at radius 2 is 1.92 bits per heavy atom. The molecule has 0 saturated carbocycles. The summed E-state index contributed by atoms with van der Waals surface area (Å²) in [5.41, 5.74) is 1.33. The minimum absolute atomic E-state index is 0.0559. The van der Waals surface area contributed by atoms with Gasteiger partial charge in [-0.05, 0) is 42.3 Å². The lowest BCUT2D eigenvalue weighted by molar-refractivity contribution is -0.125. The van der Waals surface area contributed by atoms with Crippen molar-refractivity contribution < 1.29 is 18.8 Å². The molecule has 3 rings (SSSR count). The average molecular weight is 405 g/mol. The van der Waals surface area contributed by atoms with E-state index in [1.807, 2.05) is 0 Å². The third-order valence-electron chi connectivity index (χ3n) is 3.93. The van der Waals surface area contributed by atoms with Gasteiger partial charge in [-0.1, -0.05) is 28.1 Å². The van der Waals surface area contributed by atoms with Crippen molar-refractivity contribution in [3.05, 3.63) is 63.9 Å². The van der Waals surface area contributed by atoms with Crippen molar-refractivity contribution in [2.75, 3.05) is 5.32 Å². The molecule has 5 nitrogen and oxygen atoms in total. The SMILES string of the molecule is O=C1CC(Cc2ccc(NC(=O)c3cc(Br)ccc3F)cc2)C(=O)N1. The molecule has 128 valence electrons. The highest BCUT2D eigenvalue weighted by Crippen LogP contribution is 2.20. The first kappa shape index (κ1) is 17.3. The lowest BCUT2D eigenvalue weighted by atomic mass is 9.98. The van der Waals surface area contributed by atoms with Gasteiger partial charge in [-0.25, -0.2) is 4.39 Å². The van der Waals surface area contributed by atoms with Crippen LogP contribution in [0.5, 0.6) is 0 Å². The maximum Gasteiger partial charge on any atom is 0.258 e. The number of hydrogen-bond donors (Lipinski definition) is 2. The largest absolute Gasteiger partial charge is 0.322 e. The predicted octanol–water partition coefficient (Wildman–Crippen LogP) is 3.05. The predicted molar refractivity (Wildman–Crippen MR) is 93.5 cm³/mol. The summed E-state index contributed by atoms with van der Waals surface area (Å²) >= 11 is 3.21. The van der Waals surface area contributed by atoms with Crippen molar-refractivity contribution in [3.63, 3.8) is 0 Å². The molecule has 1 fully saturated rings. The van der Waals surface area contributed by atoms with Gasteiger partial charge in [-0.2, -0.15) is 0 Å². The van der Waals surface area contributed by atoms with Gasteiger partial charge >= 0.3 is 0 Å². The fraction of sp³-hybridized carbons (Fsp3) is 0.167. The molecule has 2 aromatic carbocycles. The Kier molecular flexibility index (Phi) is 4.94. The summed E-state index contributed by atoms with van der Waals surface area (Å²) < 4.78 is 14.3. The van der Waals surface area contributed by atoms with E-state index in [9.17, 15) is 18.8 Å². The fourth-order valence-corrected chi connectivity index (χ4v) is 3.01. The number of imide groups is 1. The van der Waals surface area contributed by atoms with Gasteiger partial charge in [-0.15, -0.1) is 0 Å². The zero-order chi connectivity index (χ0) is 18.0. The van der Waals surface area contributed by atoms with E-state index < -0.39 is 11.7 Å². The number of hydrogen-bond acceptors (Lipinski definition) is 3. The van der Waals surface area contributed by atoms with Crippen LogP contribution >= 0.6 is 15.9 Å². The summed E-state index contributed by atoms with van der Waals surface area (Å²) in [6.45, 7) is 0. The van der Waals surface area contributed by atoms with Gasteiger partial charge < -0.3 is 5.32 Å². The van der Waals surface area contributed by atoms with E-state index in [0.717, 1.165) is 5.56 Å². The molecule has 0 aliphatic carbocycles. The number of anilines is 1. The molecule has 0 bridgehead atoms. The van der Waals surface area contributed by atoms with Gasteiger partial charge in [0.15, 0.2) is 0 Å². The molecule has 1 saturated heterocycles. The Morgan fingerprint density at radius 1 is 1.20 bits per heavy atom. The third kappa shape index (κ3) is 4.11. The zero-order valence-electron chi connectivity index (χ0n) is 13.0. The highest BCUT2D eigenvalue weighted by atomic mass is 79.9. The van der Waals surface area contributed by atoms with E-state index in [-0.39, 0.29) is 29.7 Å². The van der Waals surface area contributed by atoms with Crippen LogP contribution in [-0.4, -0.2) is 17.7 Å². The Morgan fingerprint density at radius 3 is 2.56 bits per heavy atom.